The second-order valence-corrected chi connectivity index (χ2v) is 6.73. The van der Waals surface area contributed by atoms with Crippen molar-refractivity contribution in [2.45, 2.75) is 83.2 Å². The molecule has 0 aromatic rings. The molecule has 0 spiro atoms. The smallest absolute Gasteiger partial charge is 0.444 e. The van der Waals surface area contributed by atoms with Crippen LogP contribution in [0.4, 0.5) is 4.79 Å². The van der Waals surface area contributed by atoms with Gasteiger partial charge in [0.15, 0.2) is 0 Å². The van der Waals surface area contributed by atoms with E-state index in [1.165, 1.54) is 0 Å². The van der Waals surface area contributed by atoms with Crippen LogP contribution in [0.25, 0.3) is 0 Å². The highest BCUT2D eigenvalue weighted by Gasteiger charge is 2.25. The van der Waals surface area contributed by atoms with Gasteiger partial charge in [-0.05, 0) is 39.4 Å². The summed E-state index contributed by atoms with van der Waals surface area (Å²) in [7, 11) is -1.22. The first-order valence-corrected chi connectivity index (χ1v) is 7.63. The average Bonchev–Trinajstić information content (AvgIpc) is 2.38. The van der Waals surface area contributed by atoms with Crippen molar-refractivity contribution in [1.29, 1.82) is 0 Å². The molecule has 5 nitrogen and oxygen atoms in total. The van der Waals surface area contributed by atoms with Gasteiger partial charge in [0.1, 0.15) is 5.60 Å². The molecule has 0 aromatic heterocycles. The SMILES string of the molecule is CC(C)(C)OC(=O)NC1CCCCC(B(O)O)CCC1. The van der Waals surface area contributed by atoms with E-state index in [0.29, 0.717) is 0 Å². The Morgan fingerprint density at radius 1 is 1.10 bits per heavy atom. The summed E-state index contributed by atoms with van der Waals surface area (Å²) in [5.74, 6) is -0.0322. The first-order chi connectivity index (χ1) is 9.28. The Balaban J connectivity index is 2.41. The Labute approximate surface area is 122 Å². The Morgan fingerprint density at radius 3 is 2.25 bits per heavy atom. The number of ether oxygens (including phenoxy) is 1. The molecule has 1 aliphatic carbocycles. The van der Waals surface area contributed by atoms with Crippen molar-refractivity contribution >= 4 is 13.2 Å². The average molecular weight is 285 g/mol. The molecule has 0 aromatic carbocycles. The van der Waals surface area contributed by atoms with Gasteiger partial charge < -0.3 is 20.1 Å². The third-order valence-electron chi connectivity index (χ3n) is 3.65. The number of alkyl carbamates (subject to hydrolysis) is 1. The molecule has 0 aliphatic heterocycles. The molecule has 1 aliphatic rings. The molecule has 20 heavy (non-hydrogen) atoms. The molecule has 1 amide bonds. The lowest BCUT2D eigenvalue weighted by atomic mass is 9.68. The van der Waals surface area contributed by atoms with E-state index in [4.69, 9.17) is 4.74 Å². The number of nitrogens with one attached hydrogen (secondary N) is 1. The molecule has 116 valence electrons. The normalized spacial score (nSPS) is 25.1. The van der Waals surface area contributed by atoms with Gasteiger partial charge in [0.2, 0.25) is 0 Å². The third kappa shape index (κ3) is 7.15. The van der Waals surface area contributed by atoms with Crippen molar-refractivity contribution in [2.24, 2.45) is 0 Å². The Morgan fingerprint density at radius 2 is 1.65 bits per heavy atom. The van der Waals surface area contributed by atoms with Gasteiger partial charge in [-0.15, -0.1) is 0 Å². The molecule has 2 unspecified atom stereocenters. The van der Waals surface area contributed by atoms with Crippen LogP contribution < -0.4 is 5.32 Å². The number of carbonyl (C=O) groups excluding carboxylic acids is 1. The third-order valence-corrected chi connectivity index (χ3v) is 3.65. The van der Waals surface area contributed by atoms with Crippen LogP contribution in [0.2, 0.25) is 5.82 Å². The quantitative estimate of drug-likeness (QED) is 0.681. The lowest BCUT2D eigenvalue weighted by Gasteiger charge is -2.23. The summed E-state index contributed by atoms with van der Waals surface area (Å²) in [6.07, 6.45) is 5.92. The second-order valence-electron chi connectivity index (χ2n) is 6.73. The van der Waals surface area contributed by atoms with Gasteiger partial charge in [-0.3, -0.25) is 0 Å². The lowest BCUT2D eigenvalue weighted by molar-refractivity contribution is 0.0498. The summed E-state index contributed by atoms with van der Waals surface area (Å²) in [6, 6.07) is 0.124. The summed E-state index contributed by atoms with van der Waals surface area (Å²) in [6.45, 7) is 5.55. The maximum Gasteiger partial charge on any atom is 0.454 e. The van der Waals surface area contributed by atoms with Crippen molar-refractivity contribution in [3.63, 3.8) is 0 Å². The van der Waals surface area contributed by atoms with E-state index >= 15 is 0 Å². The van der Waals surface area contributed by atoms with Crippen LogP contribution >= 0.6 is 0 Å². The van der Waals surface area contributed by atoms with E-state index in [-0.39, 0.29) is 18.0 Å². The summed E-state index contributed by atoms with van der Waals surface area (Å²) in [4.78, 5) is 11.8. The monoisotopic (exact) mass is 285 g/mol. The van der Waals surface area contributed by atoms with Crippen molar-refractivity contribution in [1.82, 2.24) is 5.32 Å². The Kier molecular flexibility index (Phi) is 6.82. The summed E-state index contributed by atoms with van der Waals surface area (Å²) in [5.41, 5.74) is -0.477. The fourth-order valence-corrected chi connectivity index (χ4v) is 2.63. The summed E-state index contributed by atoms with van der Waals surface area (Å²) >= 11 is 0. The van der Waals surface area contributed by atoms with Crippen LogP contribution in [-0.4, -0.2) is 34.9 Å². The second kappa shape index (κ2) is 7.88. The molecule has 1 fully saturated rings. The number of hydrogen-bond acceptors (Lipinski definition) is 4. The minimum absolute atomic E-state index is 0.0322. The zero-order valence-electron chi connectivity index (χ0n) is 12.9. The molecule has 3 N–H and O–H groups in total. The highest BCUT2D eigenvalue weighted by Crippen LogP contribution is 2.27. The predicted octanol–water partition coefficient (Wildman–Crippen LogP) is 2.47. The number of carbonyl (C=O) groups is 1. The minimum Gasteiger partial charge on any atom is -0.444 e. The molecule has 1 saturated carbocycles. The van der Waals surface area contributed by atoms with E-state index in [2.05, 4.69) is 5.32 Å². The maximum atomic E-state index is 11.8. The van der Waals surface area contributed by atoms with Crippen LogP contribution in [0.3, 0.4) is 0 Å². The number of amides is 1. The molecule has 0 radical (unpaired) electrons. The molecular formula is C14H28BNO4. The Bertz CT molecular complexity index is 304. The van der Waals surface area contributed by atoms with E-state index in [1.807, 2.05) is 20.8 Å². The van der Waals surface area contributed by atoms with E-state index in [0.717, 1.165) is 44.9 Å². The van der Waals surface area contributed by atoms with Gasteiger partial charge in [0, 0.05) is 6.04 Å². The van der Waals surface area contributed by atoms with Crippen LogP contribution in [0, 0.1) is 0 Å². The maximum absolute atomic E-state index is 11.8. The van der Waals surface area contributed by atoms with Crippen molar-refractivity contribution < 1.29 is 19.6 Å². The zero-order valence-corrected chi connectivity index (χ0v) is 12.9. The van der Waals surface area contributed by atoms with Gasteiger partial charge in [0.25, 0.3) is 0 Å². The van der Waals surface area contributed by atoms with E-state index in [1.54, 1.807) is 0 Å². The highest BCUT2D eigenvalue weighted by molar-refractivity contribution is 6.43. The largest absolute Gasteiger partial charge is 0.454 e. The van der Waals surface area contributed by atoms with Crippen LogP contribution in [0.1, 0.15) is 65.7 Å². The summed E-state index contributed by atoms with van der Waals surface area (Å²) < 4.78 is 5.27. The highest BCUT2D eigenvalue weighted by atomic mass is 16.6. The number of hydrogen-bond donors (Lipinski definition) is 3. The van der Waals surface area contributed by atoms with Crippen molar-refractivity contribution in [2.75, 3.05) is 0 Å². The van der Waals surface area contributed by atoms with Gasteiger partial charge in [-0.2, -0.15) is 0 Å². The van der Waals surface area contributed by atoms with Crippen LogP contribution in [0.5, 0.6) is 0 Å². The van der Waals surface area contributed by atoms with Gasteiger partial charge in [-0.25, -0.2) is 4.79 Å². The van der Waals surface area contributed by atoms with Gasteiger partial charge in [-0.1, -0.05) is 32.1 Å². The minimum atomic E-state index is -1.22. The van der Waals surface area contributed by atoms with Crippen molar-refractivity contribution in [3.05, 3.63) is 0 Å². The fourth-order valence-electron chi connectivity index (χ4n) is 2.63. The zero-order chi connectivity index (χ0) is 15.2. The molecule has 2 atom stereocenters. The lowest BCUT2D eigenvalue weighted by Crippen LogP contribution is -2.39. The van der Waals surface area contributed by atoms with Crippen LogP contribution in [0.15, 0.2) is 0 Å². The van der Waals surface area contributed by atoms with Gasteiger partial charge >= 0.3 is 13.2 Å². The van der Waals surface area contributed by atoms with E-state index in [9.17, 15) is 14.8 Å². The first-order valence-electron chi connectivity index (χ1n) is 7.63. The Hall–Kier alpha value is -0.745. The molecule has 0 bridgehead atoms. The number of rotatable bonds is 2. The molecule has 0 heterocycles. The van der Waals surface area contributed by atoms with Gasteiger partial charge in [0.05, 0.1) is 0 Å². The molecular weight excluding hydrogens is 257 g/mol. The predicted molar refractivity (Wildman–Crippen MR) is 79.4 cm³/mol. The van der Waals surface area contributed by atoms with Crippen molar-refractivity contribution in [3.8, 4) is 0 Å². The van der Waals surface area contributed by atoms with Crippen LogP contribution in [-0.2, 0) is 4.74 Å². The molecule has 1 rings (SSSR count). The topological polar surface area (TPSA) is 78.8 Å². The fraction of sp³-hybridized carbons (Fsp3) is 0.929. The molecule has 6 heteroatoms. The standard InChI is InChI=1S/C14H28BNO4/c1-14(2,3)20-13(17)16-12-9-5-4-7-11(15(18)19)8-6-10-12/h11-12,18-19H,4-10H2,1-3H3,(H,16,17). The molecule has 0 saturated heterocycles. The summed E-state index contributed by atoms with van der Waals surface area (Å²) in [5, 5.41) is 21.5. The first kappa shape index (κ1) is 17.3. The van der Waals surface area contributed by atoms with E-state index < -0.39 is 12.7 Å².